The van der Waals surface area contributed by atoms with Crippen LogP contribution in [-0.4, -0.2) is 21.3 Å². The molecule has 2 rings (SSSR count). The second-order valence-corrected chi connectivity index (χ2v) is 4.71. The number of amides is 1. The Hall–Kier alpha value is -2.04. The first-order valence-electron chi connectivity index (χ1n) is 5.38. The molecule has 2 aromatic rings. The number of pyridine rings is 1. The van der Waals surface area contributed by atoms with Crippen LogP contribution in [0.15, 0.2) is 30.5 Å². The molecule has 0 unspecified atom stereocenters. The zero-order valence-electron chi connectivity index (χ0n) is 10.1. The lowest BCUT2D eigenvalue weighted by Gasteiger charge is -2.19. The van der Waals surface area contributed by atoms with E-state index in [0.717, 1.165) is 5.52 Å². The number of fused-ring (bicyclic) bond motifs is 1. The molecule has 2 heterocycles. The predicted molar refractivity (Wildman–Crippen MR) is 65.0 cm³/mol. The monoisotopic (exact) mass is 233 g/mol. The molecule has 2 aromatic heterocycles. The molecule has 0 aliphatic heterocycles. The van der Waals surface area contributed by atoms with E-state index in [1.165, 1.54) is 0 Å². The van der Waals surface area contributed by atoms with E-state index in [-0.39, 0.29) is 0 Å². The third kappa shape index (κ3) is 2.75. The van der Waals surface area contributed by atoms with Gasteiger partial charge in [-0.05, 0) is 39.0 Å². The number of rotatable bonds is 1. The molecule has 0 radical (unpaired) electrons. The maximum Gasteiger partial charge on any atom is 0.413 e. The van der Waals surface area contributed by atoms with Crippen LogP contribution in [0, 0.1) is 0 Å². The average molecular weight is 233 g/mol. The Morgan fingerprint density at radius 2 is 2.12 bits per heavy atom. The molecule has 0 saturated heterocycles. The SMILES string of the molecule is CC(C)(C)OC(=O)Nc1cccc2ccnn12. The summed E-state index contributed by atoms with van der Waals surface area (Å²) in [6.45, 7) is 5.46. The van der Waals surface area contributed by atoms with Gasteiger partial charge in [-0.25, -0.2) is 9.31 Å². The fourth-order valence-electron chi connectivity index (χ4n) is 1.45. The Balaban J connectivity index is 2.18. The van der Waals surface area contributed by atoms with Crippen molar-refractivity contribution in [2.45, 2.75) is 26.4 Å². The average Bonchev–Trinajstić information content (AvgIpc) is 2.63. The van der Waals surface area contributed by atoms with Crippen LogP contribution < -0.4 is 5.32 Å². The molecule has 0 aromatic carbocycles. The largest absolute Gasteiger partial charge is 0.444 e. The van der Waals surface area contributed by atoms with Gasteiger partial charge in [-0.3, -0.25) is 5.32 Å². The zero-order chi connectivity index (χ0) is 12.5. The van der Waals surface area contributed by atoms with E-state index in [0.29, 0.717) is 5.82 Å². The summed E-state index contributed by atoms with van der Waals surface area (Å²) in [4.78, 5) is 11.6. The van der Waals surface area contributed by atoms with E-state index >= 15 is 0 Å². The van der Waals surface area contributed by atoms with Crippen molar-refractivity contribution in [2.75, 3.05) is 5.32 Å². The van der Waals surface area contributed by atoms with Crippen LogP contribution in [0.5, 0.6) is 0 Å². The van der Waals surface area contributed by atoms with Crippen molar-refractivity contribution in [3.05, 3.63) is 30.5 Å². The number of nitrogens with one attached hydrogen (secondary N) is 1. The molecule has 0 aliphatic carbocycles. The lowest BCUT2D eigenvalue weighted by atomic mass is 10.2. The summed E-state index contributed by atoms with van der Waals surface area (Å²) in [6.07, 6.45) is 1.19. The Morgan fingerprint density at radius 1 is 1.35 bits per heavy atom. The number of carbonyl (C=O) groups is 1. The van der Waals surface area contributed by atoms with Gasteiger partial charge in [-0.15, -0.1) is 0 Å². The summed E-state index contributed by atoms with van der Waals surface area (Å²) in [5.74, 6) is 0.585. The van der Waals surface area contributed by atoms with Crippen LogP contribution >= 0.6 is 0 Å². The highest BCUT2D eigenvalue weighted by Gasteiger charge is 2.16. The lowest BCUT2D eigenvalue weighted by molar-refractivity contribution is 0.0635. The smallest absolute Gasteiger partial charge is 0.413 e. The van der Waals surface area contributed by atoms with Gasteiger partial charge in [0.25, 0.3) is 0 Å². The molecule has 5 nitrogen and oxygen atoms in total. The summed E-state index contributed by atoms with van der Waals surface area (Å²) in [7, 11) is 0. The van der Waals surface area contributed by atoms with Gasteiger partial charge in [0.15, 0.2) is 0 Å². The van der Waals surface area contributed by atoms with Gasteiger partial charge < -0.3 is 4.74 Å². The fourth-order valence-corrected chi connectivity index (χ4v) is 1.45. The normalized spacial score (nSPS) is 11.5. The highest BCUT2D eigenvalue weighted by Crippen LogP contribution is 2.13. The summed E-state index contributed by atoms with van der Waals surface area (Å²) in [6, 6.07) is 7.39. The minimum absolute atomic E-state index is 0.486. The van der Waals surface area contributed by atoms with Crippen molar-refractivity contribution < 1.29 is 9.53 Å². The number of nitrogens with zero attached hydrogens (tertiary/aromatic N) is 2. The first-order valence-corrected chi connectivity index (χ1v) is 5.38. The molecule has 0 fully saturated rings. The van der Waals surface area contributed by atoms with Crippen molar-refractivity contribution in [3.63, 3.8) is 0 Å². The van der Waals surface area contributed by atoms with E-state index in [4.69, 9.17) is 4.74 Å². The van der Waals surface area contributed by atoms with E-state index in [2.05, 4.69) is 10.4 Å². The molecule has 0 bridgehead atoms. The molecule has 1 N–H and O–H groups in total. The molecule has 0 aliphatic rings. The van der Waals surface area contributed by atoms with Crippen molar-refractivity contribution in [1.82, 2.24) is 9.61 Å². The van der Waals surface area contributed by atoms with E-state index in [1.54, 1.807) is 16.8 Å². The summed E-state index contributed by atoms with van der Waals surface area (Å²) in [5.41, 5.74) is 0.404. The summed E-state index contributed by atoms with van der Waals surface area (Å²) in [5, 5.41) is 6.78. The van der Waals surface area contributed by atoms with Gasteiger partial charge in [0.2, 0.25) is 0 Å². The Kier molecular flexibility index (Phi) is 2.75. The minimum Gasteiger partial charge on any atom is -0.444 e. The molecule has 1 amide bonds. The van der Waals surface area contributed by atoms with Gasteiger partial charge in [0.05, 0.1) is 11.7 Å². The van der Waals surface area contributed by atoms with Crippen LogP contribution in [0.3, 0.4) is 0 Å². The highest BCUT2D eigenvalue weighted by atomic mass is 16.6. The van der Waals surface area contributed by atoms with Gasteiger partial charge >= 0.3 is 6.09 Å². The van der Waals surface area contributed by atoms with E-state index < -0.39 is 11.7 Å². The number of hydrogen-bond donors (Lipinski definition) is 1. The molecule has 90 valence electrons. The molecule has 5 heteroatoms. The fraction of sp³-hybridized carbons (Fsp3) is 0.333. The predicted octanol–water partition coefficient (Wildman–Crippen LogP) is 2.68. The maximum absolute atomic E-state index is 11.6. The maximum atomic E-state index is 11.6. The van der Waals surface area contributed by atoms with E-state index in [9.17, 15) is 4.79 Å². The van der Waals surface area contributed by atoms with Crippen LogP contribution in [0.4, 0.5) is 10.6 Å². The molecular weight excluding hydrogens is 218 g/mol. The minimum atomic E-state index is -0.512. The zero-order valence-corrected chi connectivity index (χ0v) is 10.1. The van der Waals surface area contributed by atoms with Gasteiger partial charge in [-0.1, -0.05) is 6.07 Å². The lowest BCUT2D eigenvalue weighted by Crippen LogP contribution is -2.27. The van der Waals surface area contributed by atoms with Crippen LogP contribution in [0.1, 0.15) is 20.8 Å². The molecule has 17 heavy (non-hydrogen) atoms. The van der Waals surface area contributed by atoms with Gasteiger partial charge in [-0.2, -0.15) is 5.10 Å². The van der Waals surface area contributed by atoms with E-state index in [1.807, 2.05) is 39.0 Å². The standard InChI is InChI=1S/C12H15N3O2/c1-12(2,3)17-11(16)14-10-6-4-5-9-7-8-13-15(9)10/h4-8H,1-3H3,(H,14,16). The number of aromatic nitrogens is 2. The number of anilines is 1. The number of hydrogen-bond acceptors (Lipinski definition) is 3. The van der Waals surface area contributed by atoms with Crippen LogP contribution in [0.2, 0.25) is 0 Å². The second-order valence-electron chi connectivity index (χ2n) is 4.71. The molecule has 0 atom stereocenters. The third-order valence-corrected chi connectivity index (χ3v) is 2.05. The quantitative estimate of drug-likeness (QED) is 0.823. The molecular formula is C12H15N3O2. The van der Waals surface area contributed by atoms with Crippen molar-refractivity contribution >= 4 is 17.4 Å². The Bertz CT molecular complexity index is 540. The summed E-state index contributed by atoms with van der Waals surface area (Å²) >= 11 is 0. The first-order chi connectivity index (χ1) is 7.96. The van der Waals surface area contributed by atoms with Crippen molar-refractivity contribution in [1.29, 1.82) is 0 Å². The van der Waals surface area contributed by atoms with Crippen molar-refractivity contribution in [3.8, 4) is 0 Å². The Morgan fingerprint density at radius 3 is 2.82 bits per heavy atom. The molecule has 0 saturated carbocycles. The highest BCUT2D eigenvalue weighted by molar-refractivity contribution is 5.84. The molecule has 0 spiro atoms. The van der Waals surface area contributed by atoms with Gasteiger partial charge in [0, 0.05) is 0 Å². The van der Waals surface area contributed by atoms with Crippen LogP contribution in [0.25, 0.3) is 5.52 Å². The van der Waals surface area contributed by atoms with Crippen molar-refractivity contribution in [2.24, 2.45) is 0 Å². The third-order valence-electron chi connectivity index (χ3n) is 2.05. The first kappa shape index (κ1) is 11.4. The number of carbonyl (C=O) groups excluding carboxylic acids is 1. The number of ether oxygens (including phenoxy) is 1. The second kappa shape index (κ2) is 4.08. The topological polar surface area (TPSA) is 55.6 Å². The Labute approximate surface area is 99.4 Å². The van der Waals surface area contributed by atoms with Crippen LogP contribution in [-0.2, 0) is 4.74 Å². The van der Waals surface area contributed by atoms with Gasteiger partial charge in [0.1, 0.15) is 11.4 Å². The summed E-state index contributed by atoms with van der Waals surface area (Å²) < 4.78 is 6.82.